The number of nitrogens with zero attached hydrogens (tertiary/aromatic N) is 2. The average molecular weight is 545 g/mol. The molecule has 2 N–H and O–H groups in total. The quantitative estimate of drug-likeness (QED) is 0.301. The highest BCUT2D eigenvalue weighted by Gasteiger charge is 2.23. The van der Waals surface area contributed by atoms with Crippen LogP contribution in [0.5, 0.6) is 5.75 Å². The highest BCUT2D eigenvalue weighted by atomic mass is 127. The minimum atomic E-state index is 0. The van der Waals surface area contributed by atoms with Crippen molar-refractivity contribution in [2.45, 2.75) is 26.4 Å². The van der Waals surface area contributed by atoms with Crippen LogP contribution in [-0.2, 0) is 11.3 Å². The molecule has 0 amide bonds. The lowest BCUT2D eigenvalue weighted by molar-refractivity contribution is 0.0177. The summed E-state index contributed by atoms with van der Waals surface area (Å²) in [4.78, 5) is 8.66. The Kier molecular flexibility index (Phi) is 10.9. The molecule has 0 spiro atoms. The zero-order valence-electron chi connectivity index (χ0n) is 18.0. The van der Waals surface area contributed by atoms with E-state index in [1.807, 2.05) is 0 Å². The summed E-state index contributed by atoms with van der Waals surface area (Å²) in [5, 5.41) is 9.06. The predicted molar refractivity (Wildman–Crippen MR) is 135 cm³/mol. The second kappa shape index (κ2) is 13.1. The number of hydrogen-bond donors (Lipinski definition) is 2. The van der Waals surface area contributed by atoms with Crippen molar-refractivity contribution in [2.75, 3.05) is 46.5 Å². The zero-order valence-corrected chi connectivity index (χ0v) is 21.2. The molecule has 2 aromatic rings. The fraction of sp³-hybridized carbons (Fsp3) is 0.500. The first-order valence-electron chi connectivity index (χ1n) is 10.2. The molecule has 1 aliphatic rings. The SMILES string of the molecule is CCNC(=NCc1ccc(C)cc1OC)NCC(c1cccs1)N1CCOCC1.I. The molecular weight excluding hydrogens is 511 g/mol. The summed E-state index contributed by atoms with van der Waals surface area (Å²) in [6.45, 7) is 9.85. The number of hydrogen-bond acceptors (Lipinski definition) is 5. The minimum Gasteiger partial charge on any atom is -0.496 e. The van der Waals surface area contributed by atoms with Gasteiger partial charge in [-0.2, -0.15) is 0 Å². The predicted octanol–water partition coefficient (Wildman–Crippen LogP) is 3.81. The topological polar surface area (TPSA) is 58.1 Å². The number of rotatable bonds is 8. The van der Waals surface area contributed by atoms with E-state index in [4.69, 9.17) is 14.5 Å². The fourth-order valence-corrected chi connectivity index (χ4v) is 4.32. The molecule has 6 nitrogen and oxygen atoms in total. The maximum atomic E-state index is 5.54. The standard InChI is InChI=1S/C22H32N4O2S.HI/c1-4-23-22(24-15-18-8-7-17(2)14-20(18)27-3)25-16-19(21-6-5-13-29-21)26-9-11-28-12-10-26;/h5-8,13-14,19H,4,9-12,15-16H2,1-3H3,(H2,23,24,25);1H. The smallest absolute Gasteiger partial charge is 0.191 e. The summed E-state index contributed by atoms with van der Waals surface area (Å²) in [5.41, 5.74) is 2.27. The van der Waals surface area contributed by atoms with Crippen molar-refractivity contribution >= 4 is 41.3 Å². The van der Waals surface area contributed by atoms with Crippen LogP contribution < -0.4 is 15.4 Å². The van der Waals surface area contributed by atoms with E-state index in [2.05, 4.69) is 65.1 Å². The summed E-state index contributed by atoms with van der Waals surface area (Å²) in [7, 11) is 1.71. The van der Waals surface area contributed by atoms with Gasteiger partial charge in [0.1, 0.15) is 5.75 Å². The molecule has 166 valence electrons. The van der Waals surface area contributed by atoms with Gasteiger partial charge in [-0.15, -0.1) is 35.3 Å². The van der Waals surface area contributed by atoms with Crippen LogP contribution in [0.25, 0.3) is 0 Å². The third-order valence-corrected chi connectivity index (χ3v) is 5.99. The van der Waals surface area contributed by atoms with Crippen molar-refractivity contribution in [1.29, 1.82) is 0 Å². The largest absolute Gasteiger partial charge is 0.496 e. The van der Waals surface area contributed by atoms with Gasteiger partial charge in [0.25, 0.3) is 0 Å². The summed E-state index contributed by atoms with van der Waals surface area (Å²) >= 11 is 1.81. The minimum absolute atomic E-state index is 0. The van der Waals surface area contributed by atoms with Crippen molar-refractivity contribution in [3.05, 3.63) is 51.7 Å². The monoisotopic (exact) mass is 544 g/mol. The number of halogens is 1. The third-order valence-electron chi connectivity index (χ3n) is 5.02. The first-order chi connectivity index (χ1) is 14.2. The number of guanidine groups is 1. The van der Waals surface area contributed by atoms with Crippen molar-refractivity contribution in [3.8, 4) is 5.75 Å². The van der Waals surface area contributed by atoms with Crippen molar-refractivity contribution < 1.29 is 9.47 Å². The fourth-order valence-electron chi connectivity index (χ4n) is 3.46. The summed E-state index contributed by atoms with van der Waals surface area (Å²) in [6.07, 6.45) is 0. The van der Waals surface area contributed by atoms with Gasteiger partial charge in [0.15, 0.2) is 5.96 Å². The Labute approximate surface area is 201 Å². The number of thiophene rings is 1. The summed E-state index contributed by atoms with van der Waals surface area (Å²) in [5.74, 6) is 1.71. The number of aliphatic imine (C=N–C) groups is 1. The molecule has 0 saturated carbocycles. The normalized spacial score (nSPS) is 15.9. The number of morpholine rings is 1. The molecule has 2 heterocycles. The van der Waals surface area contributed by atoms with Crippen LogP contribution in [0.4, 0.5) is 0 Å². The highest BCUT2D eigenvalue weighted by Crippen LogP contribution is 2.25. The maximum absolute atomic E-state index is 5.54. The first kappa shape index (κ1) is 24.9. The Hall–Kier alpha value is -1.36. The van der Waals surface area contributed by atoms with Gasteiger partial charge in [0.2, 0.25) is 0 Å². The third kappa shape index (κ3) is 7.11. The van der Waals surface area contributed by atoms with Crippen molar-refractivity contribution in [2.24, 2.45) is 4.99 Å². The van der Waals surface area contributed by atoms with Gasteiger partial charge in [0, 0.05) is 36.6 Å². The van der Waals surface area contributed by atoms with Crippen molar-refractivity contribution in [1.82, 2.24) is 15.5 Å². The molecule has 0 aliphatic carbocycles. The van der Waals surface area contributed by atoms with Gasteiger partial charge >= 0.3 is 0 Å². The number of benzene rings is 1. The van der Waals surface area contributed by atoms with E-state index in [-0.39, 0.29) is 24.0 Å². The average Bonchev–Trinajstić information content (AvgIpc) is 3.28. The van der Waals surface area contributed by atoms with Crippen LogP contribution in [0.1, 0.15) is 29.0 Å². The number of nitrogens with one attached hydrogen (secondary N) is 2. The lowest BCUT2D eigenvalue weighted by Crippen LogP contribution is -2.46. The number of ether oxygens (including phenoxy) is 2. The Morgan fingerprint density at radius 1 is 1.27 bits per heavy atom. The molecule has 1 aromatic heterocycles. The van der Waals surface area contributed by atoms with Crippen LogP contribution in [0.3, 0.4) is 0 Å². The Morgan fingerprint density at radius 2 is 2.07 bits per heavy atom. The number of aryl methyl sites for hydroxylation is 1. The zero-order chi connectivity index (χ0) is 20.5. The molecular formula is C22H33IN4O2S. The van der Waals surface area contributed by atoms with E-state index in [1.165, 1.54) is 10.4 Å². The van der Waals surface area contributed by atoms with Gasteiger partial charge in [-0.05, 0) is 36.9 Å². The summed E-state index contributed by atoms with van der Waals surface area (Å²) in [6, 6.07) is 10.9. The van der Waals surface area contributed by atoms with Gasteiger partial charge in [-0.25, -0.2) is 4.99 Å². The lowest BCUT2D eigenvalue weighted by atomic mass is 10.1. The molecule has 0 radical (unpaired) electrons. The molecule has 8 heteroatoms. The maximum Gasteiger partial charge on any atom is 0.191 e. The van der Waals surface area contributed by atoms with Crippen LogP contribution in [0.2, 0.25) is 0 Å². The van der Waals surface area contributed by atoms with Crippen molar-refractivity contribution in [3.63, 3.8) is 0 Å². The molecule has 1 aliphatic heterocycles. The highest BCUT2D eigenvalue weighted by molar-refractivity contribution is 14.0. The van der Waals surface area contributed by atoms with E-state index in [1.54, 1.807) is 18.4 Å². The second-order valence-electron chi connectivity index (χ2n) is 7.07. The van der Waals surface area contributed by atoms with Gasteiger partial charge in [-0.3, -0.25) is 4.90 Å². The van der Waals surface area contributed by atoms with E-state index < -0.39 is 0 Å². The van der Waals surface area contributed by atoms with Crippen LogP contribution in [0.15, 0.2) is 40.7 Å². The molecule has 0 bridgehead atoms. The second-order valence-corrected chi connectivity index (χ2v) is 8.05. The van der Waals surface area contributed by atoms with Crippen LogP contribution in [-0.4, -0.2) is 57.4 Å². The van der Waals surface area contributed by atoms with E-state index >= 15 is 0 Å². The van der Waals surface area contributed by atoms with Crippen LogP contribution >= 0.6 is 35.3 Å². The molecule has 1 aromatic carbocycles. The van der Waals surface area contributed by atoms with E-state index in [0.29, 0.717) is 12.6 Å². The lowest BCUT2D eigenvalue weighted by Gasteiger charge is -2.34. The Morgan fingerprint density at radius 3 is 2.73 bits per heavy atom. The summed E-state index contributed by atoms with van der Waals surface area (Å²) < 4.78 is 11.1. The van der Waals surface area contributed by atoms with Gasteiger partial charge < -0.3 is 20.1 Å². The van der Waals surface area contributed by atoms with Gasteiger partial charge in [0.05, 0.1) is 32.9 Å². The molecule has 1 atom stereocenters. The van der Waals surface area contributed by atoms with Gasteiger partial charge in [-0.1, -0.05) is 18.2 Å². The number of methoxy groups -OCH3 is 1. The molecule has 3 rings (SSSR count). The van der Waals surface area contributed by atoms with E-state index in [0.717, 1.165) is 56.7 Å². The Bertz CT molecular complexity index is 779. The first-order valence-corrected chi connectivity index (χ1v) is 11.1. The molecule has 1 unspecified atom stereocenters. The molecule has 30 heavy (non-hydrogen) atoms. The Balaban J connectivity index is 0.00000320. The molecule has 1 fully saturated rings. The van der Waals surface area contributed by atoms with E-state index in [9.17, 15) is 0 Å². The molecule has 1 saturated heterocycles. The van der Waals surface area contributed by atoms with Crippen LogP contribution in [0, 0.1) is 6.92 Å².